The normalized spacial score (nSPS) is 44.0. The van der Waals surface area contributed by atoms with E-state index < -0.39 is 0 Å². The van der Waals surface area contributed by atoms with Crippen LogP contribution in [0.2, 0.25) is 0 Å². The summed E-state index contributed by atoms with van der Waals surface area (Å²) < 4.78 is -0.312. The van der Waals surface area contributed by atoms with Gasteiger partial charge in [0.15, 0.2) is 5.78 Å². The van der Waals surface area contributed by atoms with E-state index in [4.69, 9.17) is 5.26 Å². The van der Waals surface area contributed by atoms with Crippen molar-refractivity contribution in [3.05, 3.63) is 0 Å². The molecule has 2 aliphatic rings. The molecule has 76 valence electrons. The minimum atomic E-state index is -0.329. The summed E-state index contributed by atoms with van der Waals surface area (Å²) in [4.78, 5) is 12.1. The largest absolute Gasteiger partial charge is 0.297 e. The zero-order chi connectivity index (χ0) is 10.6. The number of carbonyl (C=O) groups is 1. The van der Waals surface area contributed by atoms with Crippen molar-refractivity contribution in [2.24, 2.45) is 10.8 Å². The highest BCUT2D eigenvalue weighted by Crippen LogP contribution is 2.67. The highest BCUT2D eigenvalue weighted by atomic mass is 79.9. The van der Waals surface area contributed by atoms with Gasteiger partial charge in [0.2, 0.25) is 0 Å². The average molecular weight is 256 g/mol. The van der Waals surface area contributed by atoms with Crippen LogP contribution in [-0.2, 0) is 4.79 Å². The molecule has 2 rings (SSSR count). The first kappa shape index (κ1) is 10.2. The van der Waals surface area contributed by atoms with Crippen molar-refractivity contribution in [3.63, 3.8) is 0 Å². The van der Waals surface area contributed by atoms with Crippen molar-refractivity contribution in [1.29, 1.82) is 5.26 Å². The lowest BCUT2D eigenvalue weighted by Crippen LogP contribution is -2.42. The predicted octanol–water partition coefficient (Wildman–Crippen LogP) is 2.81. The second kappa shape index (κ2) is 2.61. The fourth-order valence-electron chi connectivity index (χ4n) is 3.20. The van der Waals surface area contributed by atoms with E-state index in [9.17, 15) is 4.79 Å². The van der Waals surface area contributed by atoms with E-state index in [-0.39, 0.29) is 15.2 Å². The fraction of sp³-hybridized carbons (Fsp3) is 0.818. The number of rotatable bonds is 1. The van der Waals surface area contributed by atoms with Gasteiger partial charge in [0.1, 0.15) is 0 Å². The molecule has 2 saturated carbocycles. The molecule has 2 bridgehead atoms. The maximum absolute atomic E-state index is 12.1. The van der Waals surface area contributed by atoms with E-state index in [0.717, 1.165) is 19.3 Å². The summed E-state index contributed by atoms with van der Waals surface area (Å²) in [5.41, 5.74) is -0.396. The van der Waals surface area contributed by atoms with E-state index in [1.54, 1.807) is 0 Å². The predicted molar refractivity (Wildman–Crippen MR) is 57.0 cm³/mol. The molecule has 0 spiro atoms. The molecule has 0 unspecified atom stereocenters. The van der Waals surface area contributed by atoms with Gasteiger partial charge in [0, 0.05) is 11.8 Å². The van der Waals surface area contributed by atoms with Gasteiger partial charge in [-0.05, 0) is 24.7 Å². The van der Waals surface area contributed by atoms with Gasteiger partial charge in [-0.15, -0.1) is 0 Å². The second-order valence-electron chi connectivity index (χ2n) is 5.21. The van der Waals surface area contributed by atoms with E-state index in [1.165, 1.54) is 0 Å². The van der Waals surface area contributed by atoms with Gasteiger partial charge in [-0.3, -0.25) is 4.79 Å². The highest BCUT2D eigenvalue weighted by molar-refractivity contribution is 9.10. The molecule has 3 heteroatoms. The number of nitriles is 1. The quantitative estimate of drug-likeness (QED) is 0.677. The van der Waals surface area contributed by atoms with Crippen LogP contribution < -0.4 is 0 Å². The highest BCUT2D eigenvalue weighted by Gasteiger charge is 2.68. The number of hydrogen-bond acceptors (Lipinski definition) is 2. The molecule has 0 aromatic carbocycles. The summed E-state index contributed by atoms with van der Waals surface area (Å²) in [7, 11) is 0. The molecule has 0 heterocycles. The van der Waals surface area contributed by atoms with E-state index in [2.05, 4.69) is 22.0 Å². The number of carbonyl (C=O) groups excluding carboxylic acids is 1. The zero-order valence-electron chi connectivity index (χ0n) is 8.56. The summed E-state index contributed by atoms with van der Waals surface area (Å²) in [6.07, 6.45) is 3.26. The maximum Gasteiger partial charge on any atom is 0.155 e. The van der Waals surface area contributed by atoms with E-state index >= 15 is 0 Å². The van der Waals surface area contributed by atoms with E-state index in [0.29, 0.717) is 12.2 Å². The molecule has 2 nitrogen and oxygen atoms in total. The summed E-state index contributed by atoms with van der Waals surface area (Å²) in [5, 5.41) is 8.87. The van der Waals surface area contributed by atoms with Crippen molar-refractivity contribution >= 4 is 21.7 Å². The fourth-order valence-corrected chi connectivity index (χ4v) is 4.43. The minimum absolute atomic E-state index is 0.0671. The van der Waals surface area contributed by atoms with Gasteiger partial charge in [-0.2, -0.15) is 5.26 Å². The number of hydrogen-bond donors (Lipinski definition) is 0. The van der Waals surface area contributed by atoms with Gasteiger partial charge in [-0.1, -0.05) is 29.8 Å². The van der Waals surface area contributed by atoms with Crippen molar-refractivity contribution < 1.29 is 4.79 Å². The molecule has 2 fully saturated rings. The number of ketones is 1. The van der Waals surface area contributed by atoms with Crippen LogP contribution in [0.25, 0.3) is 0 Å². The average Bonchev–Trinajstić information content (AvgIpc) is 2.50. The Morgan fingerprint density at radius 3 is 2.57 bits per heavy atom. The van der Waals surface area contributed by atoms with Crippen molar-refractivity contribution in [3.8, 4) is 6.07 Å². The Morgan fingerprint density at radius 1 is 1.50 bits per heavy atom. The third-order valence-electron chi connectivity index (χ3n) is 4.34. The summed E-state index contributed by atoms with van der Waals surface area (Å²) in [5.74, 6) is 0.298. The Hall–Kier alpha value is -0.360. The van der Waals surface area contributed by atoms with Gasteiger partial charge in [-0.25, -0.2) is 0 Å². The standard InChI is InChI=1S/C11H14BrNO/c1-9(2)8(14)11(12)4-3-10(9,7-11)5-6-13/h3-5,7H2,1-2H3/t10-,11+/m1/s1. The molecule has 0 aromatic heterocycles. The van der Waals surface area contributed by atoms with Gasteiger partial charge >= 0.3 is 0 Å². The van der Waals surface area contributed by atoms with Crippen molar-refractivity contribution in [1.82, 2.24) is 0 Å². The zero-order valence-corrected chi connectivity index (χ0v) is 10.1. The minimum Gasteiger partial charge on any atom is -0.297 e. The molecule has 2 aliphatic carbocycles. The number of alkyl halides is 1. The lowest BCUT2D eigenvalue weighted by atomic mass is 9.63. The van der Waals surface area contributed by atoms with Crippen LogP contribution in [0, 0.1) is 22.2 Å². The lowest BCUT2D eigenvalue weighted by molar-refractivity contribution is -0.131. The van der Waals surface area contributed by atoms with Crippen molar-refractivity contribution in [2.45, 2.75) is 43.9 Å². The molecule has 0 aliphatic heterocycles. The monoisotopic (exact) mass is 255 g/mol. The SMILES string of the molecule is CC1(C)C(=O)[C@]2(Br)CC[C@@]1(CC#N)C2. The third kappa shape index (κ3) is 0.930. The molecule has 0 N–H and O–H groups in total. The number of halogens is 1. The number of Topliss-reactive ketones (excluding diaryl/α,β-unsaturated/α-hetero) is 1. The summed E-state index contributed by atoms with van der Waals surface area (Å²) in [6.45, 7) is 3.99. The van der Waals surface area contributed by atoms with Crippen LogP contribution in [0.3, 0.4) is 0 Å². The number of fused-ring (bicyclic) bond motifs is 2. The molecular formula is C11H14BrNO. The Bertz CT molecular complexity index is 344. The lowest BCUT2D eigenvalue weighted by Gasteiger charge is -2.39. The second-order valence-corrected chi connectivity index (χ2v) is 6.73. The first-order chi connectivity index (χ1) is 6.38. The van der Waals surface area contributed by atoms with Crippen LogP contribution in [0.1, 0.15) is 39.5 Å². The summed E-state index contributed by atoms with van der Waals surface area (Å²) >= 11 is 3.57. The molecule has 0 aromatic rings. The Labute approximate surface area is 92.8 Å². The number of nitrogens with zero attached hydrogens (tertiary/aromatic N) is 1. The Morgan fingerprint density at radius 2 is 2.14 bits per heavy atom. The molecular weight excluding hydrogens is 242 g/mol. The van der Waals surface area contributed by atoms with Crippen LogP contribution in [0.15, 0.2) is 0 Å². The molecule has 0 radical (unpaired) electrons. The maximum atomic E-state index is 12.1. The van der Waals surface area contributed by atoms with Gasteiger partial charge in [0.25, 0.3) is 0 Å². The molecule has 14 heavy (non-hydrogen) atoms. The van der Waals surface area contributed by atoms with Crippen LogP contribution in [0.5, 0.6) is 0 Å². The third-order valence-corrected chi connectivity index (χ3v) is 5.37. The van der Waals surface area contributed by atoms with Crippen LogP contribution >= 0.6 is 15.9 Å². The molecule has 2 atom stereocenters. The van der Waals surface area contributed by atoms with E-state index in [1.807, 2.05) is 13.8 Å². The Balaban J connectivity index is 2.47. The van der Waals surface area contributed by atoms with Gasteiger partial charge < -0.3 is 0 Å². The Kier molecular flexibility index (Phi) is 1.89. The first-order valence-electron chi connectivity index (χ1n) is 4.99. The topological polar surface area (TPSA) is 40.9 Å². The molecule has 0 saturated heterocycles. The molecule has 0 amide bonds. The van der Waals surface area contributed by atoms with Gasteiger partial charge in [0.05, 0.1) is 10.4 Å². The first-order valence-corrected chi connectivity index (χ1v) is 5.78. The smallest absolute Gasteiger partial charge is 0.155 e. The van der Waals surface area contributed by atoms with Crippen molar-refractivity contribution in [2.75, 3.05) is 0 Å². The summed E-state index contributed by atoms with van der Waals surface area (Å²) in [6, 6.07) is 2.25. The van der Waals surface area contributed by atoms with Crippen LogP contribution in [0.4, 0.5) is 0 Å². The van der Waals surface area contributed by atoms with Crippen LogP contribution in [-0.4, -0.2) is 10.1 Å².